The lowest BCUT2D eigenvalue weighted by Gasteiger charge is -2.12. The van der Waals surface area contributed by atoms with Crippen molar-refractivity contribution in [1.29, 1.82) is 0 Å². The number of aromatic nitrogens is 1. The molecule has 0 aliphatic heterocycles. The second-order valence-corrected chi connectivity index (χ2v) is 4.18. The first-order valence-corrected chi connectivity index (χ1v) is 5.11. The molecular weight excluding hydrogens is 203 g/mol. The predicted molar refractivity (Wildman–Crippen MR) is 53.5 cm³/mol. The molecule has 0 radical (unpaired) electrons. The van der Waals surface area contributed by atoms with Crippen molar-refractivity contribution in [1.82, 2.24) is 4.98 Å². The number of rotatable bonds is 3. The molecule has 1 aromatic heterocycles. The standard InChI is InChI=1S/C10H12ClFN2/c11-10-8(4-7(12)5-14-10)9(13)3-6-1-2-6/h4-6,9H,1-3,13H2/t9-/m0/s1. The highest BCUT2D eigenvalue weighted by Gasteiger charge is 2.25. The molecule has 1 atom stereocenters. The molecule has 2 nitrogen and oxygen atoms in total. The van der Waals surface area contributed by atoms with Crippen LogP contribution in [-0.4, -0.2) is 4.98 Å². The molecule has 0 unspecified atom stereocenters. The van der Waals surface area contributed by atoms with Crippen molar-refractivity contribution in [3.8, 4) is 0 Å². The first kappa shape index (κ1) is 9.87. The molecule has 0 bridgehead atoms. The van der Waals surface area contributed by atoms with Crippen molar-refractivity contribution in [2.75, 3.05) is 0 Å². The van der Waals surface area contributed by atoms with Crippen LogP contribution in [0.2, 0.25) is 5.15 Å². The van der Waals surface area contributed by atoms with E-state index >= 15 is 0 Å². The zero-order valence-corrected chi connectivity index (χ0v) is 8.47. The number of halogens is 2. The molecule has 1 aliphatic carbocycles. The molecule has 4 heteroatoms. The van der Waals surface area contributed by atoms with Gasteiger partial charge in [0.15, 0.2) is 0 Å². The van der Waals surface area contributed by atoms with Gasteiger partial charge in [-0.1, -0.05) is 24.4 Å². The second kappa shape index (κ2) is 3.83. The third kappa shape index (κ3) is 2.22. The predicted octanol–water partition coefficient (Wildman–Crippen LogP) is 2.67. The summed E-state index contributed by atoms with van der Waals surface area (Å²) in [4.78, 5) is 3.74. The molecule has 1 aromatic rings. The molecule has 14 heavy (non-hydrogen) atoms. The van der Waals surface area contributed by atoms with Crippen molar-refractivity contribution < 1.29 is 4.39 Å². The fourth-order valence-corrected chi connectivity index (χ4v) is 1.78. The Labute approximate surface area is 87.3 Å². The monoisotopic (exact) mass is 214 g/mol. The van der Waals surface area contributed by atoms with Crippen molar-refractivity contribution in [3.63, 3.8) is 0 Å². The zero-order valence-electron chi connectivity index (χ0n) is 7.71. The number of pyridine rings is 1. The van der Waals surface area contributed by atoms with Gasteiger partial charge >= 0.3 is 0 Å². The van der Waals surface area contributed by atoms with Crippen LogP contribution in [0.15, 0.2) is 12.3 Å². The first-order chi connectivity index (χ1) is 6.66. The lowest BCUT2D eigenvalue weighted by molar-refractivity contribution is 0.578. The van der Waals surface area contributed by atoms with E-state index in [0.717, 1.165) is 12.6 Å². The van der Waals surface area contributed by atoms with E-state index in [1.807, 2.05) is 0 Å². The zero-order chi connectivity index (χ0) is 10.1. The van der Waals surface area contributed by atoms with Crippen LogP contribution >= 0.6 is 11.6 Å². The van der Waals surface area contributed by atoms with Crippen LogP contribution in [0.25, 0.3) is 0 Å². The van der Waals surface area contributed by atoms with E-state index in [0.29, 0.717) is 16.6 Å². The fourth-order valence-electron chi connectivity index (χ4n) is 1.54. The van der Waals surface area contributed by atoms with Crippen molar-refractivity contribution in [2.24, 2.45) is 11.7 Å². The van der Waals surface area contributed by atoms with Gasteiger partial charge in [-0.25, -0.2) is 9.37 Å². The van der Waals surface area contributed by atoms with E-state index in [-0.39, 0.29) is 11.9 Å². The Bertz CT molecular complexity index is 339. The van der Waals surface area contributed by atoms with Crippen molar-refractivity contribution in [2.45, 2.75) is 25.3 Å². The number of nitrogens with zero attached hydrogens (tertiary/aromatic N) is 1. The van der Waals surface area contributed by atoms with Crippen LogP contribution in [0.4, 0.5) is 4.39 Å². The van der Waals surface area contributed by atoms with Gasteiger partial charge in [-0.05, 0) is 18.4 Å². The van der Waals surface area contributed by atoms with Gasteiger partial charge in [0, 0.05) is 11.6 Å². The van der Waals surface area contributed by atoms with Gasteiger partial charge in [0.05, 0.1) is 6.20 Å². The average Bonchev–Trinajstić information content (AvgIpc) is 2.93. The van der Waals surface area contributed by atoms with Gasteiger partial charge in [-0.3, -0.25) is 0 Å². The Morgan fingerprint density at radius 2 is 2.36 bits per heavy atom. The van der Waals surface area contributed by atoms with Crippen molar-refractivity contribution >= 4 is 11.6 Å². The fraction of sp³-hybridized carbons (Fsp3) is 0.500. The first-order valence-electron chi connectivity index (χ1n) is 4.73. The third-order valence-corrected chi connectivity index (χ3v) is 2.83. The Morgan fingerprint density at radius 1 is 1.64 bits per heavy atom. The minimum absolute atomic E-state index is 0.182. The molecule has 76 valence electrons. The maximum atomic E-state index is 12.9. The average molecular weight is 215 g/mol. The Hall–Kier alpha value is -0.670. The minimum atomic E-state index is -0.379. The molecule has 0 amide bonds. The van der Waals surface area contributed by atoms with E-state index in [2.05, 4.69) is 4.98 Å². The molecule has 1 fully saturated rings. The summed E-state index contributed by atoms with van der Waals surface area (Å²) < 4.78 is 12.9. The summed E-state index contributed by atoms with van der Waals surface area (Å²) in [6, 6.07) is 1.20. The third-order valence-electron chi connectivity index (χ3n) is 2.52. The van der Waals surface area contributed by atoms with E-state index in [1.54, 1.807) is 0 Å². The largest absolute Gasteiger partial charge is 0.324 e. The molecule has 0 spiro atoms. The van der Waals surface area contributed by atoms with Gasteiger partial charge in [-0.15, -0.1) is 0 Å². The van der Waals surface area contributed by atoms with Gasteiger partial charge < -0.3 is 5.73 Å². The van der Waals surface area contributed by atoms with Crippen LogP contribution in [0.3, 0.4) is 0 Å². The van der Waals surface area contributed by atoms with E-state index < -0.39 is 0 Å². The van der Waals surface area contributed by atoms with Crippen LogP contribution < -0.4 is 5.73 Å². The highest BCUT2D eigenvalue weighted by Crippen LogP contribution is 2.37. The molecule has 1 aliphatic rings. The Morgan fingerprint density at radius 3 is 3.00 bits per heavy atom. The molecule has 0 saturated heterocycles. The minimum Gasteiger partial charge on any atom is -0.324 e. The number of hydrogen-bond acceptors (Lipinski definition) is 2. The molecular formula is C10H12ClFN2. The molecule has 1 heterocycles. The lowest BCUT2D eigenvalue weighted by atomic mass is 10.0. The number of hydrogen-bond donors (Lipinski definition) is 1. The van der Waals surface area contributed by atoms with Gasteiger partial charge in [-0.2, -0.15) is 0 Å². The highest BCUT2D eigenvalue weighted by molar-refractivity contribution is 6.30. The van der Waals surface area contributed by atoms with Crippen molar-refractivity contribution in [3.05, 3.63) is 28.8 Å². The molecule has 1 saturated carbocycles. The quantitative estimate of drug-likeness (QED) is 0.786. The lowest BCUT2D eigenvalue weighted by Crippen LogP contribution is -2.12. The molecule has 2 rings (SSSR count). The summed E-state index contributed by atoms with van der Waals surface area (Å²) in [7, 11) is 0. The Kier molecular flexibility index (Phi) is 2.70. The summed E-state index contributed by atoms with van der Waals surface area (Å²) in [5.74, 6) is 0.319. The van der Waals surface area contributed by atoms with Gasteiger partial charge in [0.25, 0.3) is 0 Å². The number of nitrogens with two attached hydrogens (primary N) is 1. The van der Waals surface area contributed by atoms with E-state index in [9.17, 15) is 4.39 Å². The summed E-state index contributed by atoms with van der Waals surface area (Å²) >= 11 is 5.84. The summed E-state index contributed by atoms with van der Waals surface area (Å²) in [6.07, 6.45) is 4.45. The molecule has 2 N–H and O–H groups in total. The second-order valence-electron chi connectivity index (χ2n) is 3.82. The van der Waals surface area contributed by atoms with Crippen LogP contribution in [0.5, 0.6) is 0 Å². The maximum Gasteiger partial charge on any atom is 0.141 e. The van der Waals surface area contributed by atoms with Crippen LogP contribution in [-0.2, 0) is 0 Å². The summed E-state index contributed by atoms with van der Waals surface area (Å²) in [5, 5.41) is 0.319. The topological polar surface area (TPSA) is 38.9 Å². The maximum absolute atomic E-state index is 12.9. The van der Waals surface area contributed by atoms with Gasteiger partial charge in [0.1, 0.15) is 11.0 Å². The van der Waals surface area contributed by atoms with Crippen LogP contribution in [0.1, 0.15) is 30.9 Å². The Balaban J connectivity index is 2.15. The normalized spacial score (nSPS) is 18.2. The van der Waals surface area contributed by atoms with E-state index in [4.69, 9.17) is 17.3 Å². The summed E-state index contributed by atoms with van der Waals surface area (Å²) in [6.45, 7) is 0. The van der Waals surface area contributed by atoms with Gasteiger partial charge in [0.2, 0.25) is 0 Å². The van der Waals surface area contributed by atoms with E-state index in [1.165, 1.54) is 18.9 Å². The smallest absolute Gasteiger partial charge is 0.141 e. The van der Waals surface area contributed by atoms with Crippen LogP contribution in [0, 0.1) is 11.7 Å². The molecule has 0 aromatic carbocycles. The summed E-state index contributed by atoms with van der Waals surface area (Å²) in [5.41, 5.74) is 6.54. The SMILES string of the molecule is N[C@@H](CC1CC1)c1cc(F)cnc1Cl. The highest BCUT2D eigenvalue weighted by atomic mass is 35.5.